The van der Waals surface area contributed by atoms with Gasteiger partial charge < -0.3 is 9.80 Å². The summed E-state index contributed by atoms with van der Waals surface area (Å²) in [5, 5.41) is 0. The van der Waals surface area contributed by atoms with Crippen LogP contribution in [0.25, 0.3) is 0 Å². The van der Waals surface area contributed by atoms with E-state index in [0.717, 1.165) is 32.7 Å². The Kier molecular flexibility index (Phi) is 5.61. The summed E-state index contributed by atoms with van der Waals surface area (Å²) < 4.78 is 1.19. The number of piperazine rings is 1. The van der Waals surface area contributed by atoms with Crippen LogP contribution in [0.2, 0.25) is 0 Å². The van der Waals surface area contributed by atoms with Gasteiger partial charge in [-0.1, -0.05) is 48.0 Å². The van der Waals surface area contributed by atoms with E-state index in [-0.39, 0.29) is 0 Å². The zero-order valence-electron chi connectivity index (χ0n) is 12.4. The number of rotatable bonds is 4. The van der Waals surface area contributed by atoms with Gasteiger partial charge in [0, 0.05) is 16.5 Å². The van der Waals surface area contributed by atoms with Gasteiger partial charge in [0.15, 0.2) is 0 Å². The minimum Gasteiger partial charge on any atom is -0.331 e. The van der Waals surface area contributed by atoms with Gasteiger partial charge in [0.25, 0.3) is 0 Å². The first kappa shape index (κ1) is 15.5. The molecule has 1 N–H and O–H groups in total. The van der Waals surface area contributed by atoms with Crippen LogP contribution >= 0.6 is 15.9 Å². The third-order valence-electron chi connectivity index (χ3n) is 3.80. The summed E-state index contributed by atoms with van der Waals surface area (Å²) in [6.45, 7) is 9.12. The summed E-state index contributed by atoms with van der Waals surface area (Å²) >= 11 is 3.61. The molecule has 1 amide bonds. The molecule has 1 saturated heterocycles. The molecule has 110 valence electrons. The lowest BCUT2D eigenvalue weighted by Gasteiger charge is -2.32. The number of quaternary nitrogens is 1. The van der Waals surface area contributed by atoms with E-state index in [1.807, 2.05) is 11.0 Å². The van der Waals surface area contributed by atoms with Gasteiger partial charge in [0.05, 0.1) is 26.2 Å². The Hall–Kier alpha value is -0.870. The average molecular weight is 340 g/mol. The topological polar surface area (TPSA) is 24.8 Å². The molecule has 4 heteroatoms. The van der Waals surface area contributed by atoms with Gasteiger partial charge >= 0.3 is 0 Å². The zero-order valence-corrected chi connectivity index (χ0v) is 13.9. The molecular formula is C16H24BrN2O+. The molecule has 0 saturated carbocycles. The van der Waals surface area contributed by atoms with Gasteiger partial charge in [0.2, 0.25) is 5.91 Å². The molecule has 1 aromatic rings. The van der Waals surface area contributed by atoms with Crippen molar-refractivity contribution >= 4 is 21.8 Å². The average Bonchev–Trinajstić information content (AvgIpc) is 2.41. The maximum absolute atomic E-state index is 12.0. The number of hydrogen-bond acceptors (Lipinski definition) is 1. The monoisotopic (exact) mass is 339 g/mol. The first-order valence-corrected chi connectivity index (χ1v) is 8.20. The number of nitrogens with one attached hydrogen (secondary N) is 1. The number of hydrogen-bond donors (Lipinski definition) is 1. The second kappa shape index (κ2) is 7.23. The Morgan fingerprint density at radius 3 is 2.55 bits per heavy atom. The van der Waals surface area contributed by atoms with Crippen LogP contribution in [0.5, 0.6) is 0 Å². The van der Waals surface area contributed by atoms with E-state index >= 15 is 0 Å². The van der Waals surface area contributed by atoms with Crippen molar-refractivity contribution in [2.24, 2.45) is 5.92 Å². The smallest absolute Gasteiger partial charge is 0.223 e. The lowest BCUT2D eigenvalue weighted by atomic mass is 10.1. The highest BCUT2D eigenvalue weighted by molar-refractivity contribution is 9.10. The van der Waals surface area contributed by atoms with Crippen LogP contribution in [-0.4, -0.2) is 37.0 Å². The van der Waals surface area contributed by atoms with Crippen LogP contribution < -0.4 is 4.90 Å². The van der Waals surface area contributed by atoms with E-state index in [1.165, 1.54) is 10.0 Å². The summed E-state index contributed by atoms with van der Waals surface area (Å²) in [5.41, 5.74) is 1.35. The van der Waals surface area contributed by atoms with Crippen molar-refractivity contribution in [1.82, 2.24) is 4.90 Å². The lowest BCUT2D eigenvalue weighted by molar-refractivity contribution is -0.917. The van der Waals surface area contributed by atoms with Gasteiger partial charge in [-0.15, -0.1) is 0 Å². The fraction of sp³-hybridized carbons (Fsp3) is 0.562. The van der Waals surface area contributed by atoms with Crippen molar-refractivity contribution in [2.75, 3.05) is 26.2 Å². The maximum atomic E-state index is 12.0. The van der Waals surface area contributed by atoms with E-state index in [0.29, 0.717) is 18.2 Å². The number of amides is 1. The molecule has 0 spiro atoms. The maximum Gasteiger partial charge on any atom is 0.223 e. The third-order valence-corrected chi connectivity index (χ3v) is 4.58. The molecule has 1 aromatic carbocycles. The predicted octanol–water partition coefficient (Wildman–Crippen LogP) is 1.72. The Bertz CT molecular complexity index is 454. The van der Waals surface area contributed by atoms with Crippen LogP contribution in [-0.2, 0) is 11.3 Å². The SMILES string of the molecule is CC(C)CC(=O)N1CC[NH+](Cc2ccccc2Br)CC1. The summed E-state index contributed by atoms with van der Waals surface area (Å²) in [6.07, 6.45) is 0.680. The summed E-state index contributed by atoms with van der Waals surface area (Å²) in [6, 6.07) is 8.40. The minimum atomic E-state index is 0.319. The van der Waals surface area contributed by atoms with Crippen molar-refractivity contribution in [3.05, 3.63) is 34.3 Å². The molecule has 0 aliphatic carbocycles. The Balaban J connectivity index is 1.83. The molecule has 3 nitrogen and oxygen atoms in total. The molecule has 1 heterocycles. The van der Waals surface area contributed by atoms with Crippen LogP contribution in [0.1, 0.15) is 25.8 Å². The number of benzene rings is 1. The van der Waals surface area contributed by atoms with Gasteiger partial charge in [-0.2, -0.15) is 0 Å². The van der Waals surface area contributed by atoms with Gasteiger partial charge in [-0.3, -0.25) is 4.79 Å². The van der Waals surface area contributed by atoms with E-state index in [9.17, 15) is 4.79 Å². The van der Waals surface area contributed by atoms with Crippen molar-refractivity contribution in [1.29, 1.82) is 0 Å². The van der Waals surface area contributed by atoms with Crippen LogP contribution in [0.3, 0.4) is 0 Å². The van der Waals surface area contributed by atoms with Gasteiger partial charge in [-0.25, -0.2) is 0 Å². The highest BCUT2D eigenvalue weighted by Crippen LogP contribution is 2.14. The number of halogens is 1. The quantitative estimate of drug-likeness (QED) is 0.887. The summed E-state index contributed by atoms with van der Waals surface area (Å²) in [5.74, 6) is 0.771. The lowest BCUT2D eigenvalue weighted by Crippen LogP contribution is -3.13. The normalized spacial score (nSPS) is 16.7. The summed E-state index contributed by atoms with van der Waals surface area (Å²) in [7, 11) is 0. The molecule has 0 aromatic heterocycles. The van der Waals surface area contributed by atoms with Crippen molar-refractivity contribution in [3.63, 3.8) is 0 Å². The Morgan fingerprint density at radius 1 is 1.30 bits per heavy atom. The van der Waals surface area contributed by atoms with E-state index in [1.54, 1.807) is 4.90 Å². The number of carbonyl (C=O) groups excluding carboxylic acids is 1. The van der Waals surface area contributed by atoms with Crippen LogP contribution in [0, 0.1) is 5.92 Å². The molecule has 1 aliphatic heterocycles. The molecule has 2 rings (SSSR count). The van der Waals surface area contributed by atoms with Crippen LogP contribution in [0.15, 0.2) is 28.7 Å². The molecular weight excluding hydrogens is 316 g/mol. The van der Waals surface area contributed by atoms with E-state index in [2.05, 4.69) is 48.0 Å². The van der Waals surface area contributed by atoms with Crippen molar-refractivity contribution < 1.29 is 9.69 Å². The standard InChI is InChI=1S/C16H23BrN2O/c1-13(2)11-16(20)19-9-7-18(8-10-19)12-14-5-3-4-6-15(14)17/h3-6,13H,7-12H2,1-2H3/p+1. The third kappa shape index (κ3) is 4.32. The molecule has 0 radical (unpaired) electrons. The second-order valence-corrected chi connectivity index (χ2v) is 6.85. The largest absolute Gasteiger partial charge is 0.331 e. The van der Waals surface area contributed by atoms with E-state index in [4.69, 9.17) is 0 Å². The Morgan fingerprint density at radius 2 is 1.95 bits per heavy atom. The highest BCUT2D eigenvalue weighted by atomic mass is 79.9. The molecule has 0 bridgehead atoms. The molecule has 1 aliphatic rings. The fourth-order valence-corrected chi connectivity index (χ4v) is 3.06. The first-order chi connectivity index (χ1) is 9.56. The first-order valence-electron chi connectivity index (χ1n) is 7.41. The van der Waals surface area contributed by atoms with E-state index < -0.39 is 0 Å². The van der Waals surface area contributed by atoms with Crippen molar-refractivity contribution in [3.8, 4) is 0 Å². The second-order valence-electron chi connectivity index (χ2n) is 6.00. The number of carbonyl (C=O) groups is 1. The Labute approximate surface area is 130 Å². The number of nitrogens with zero attached hydrogens (tertiary/aromatic N) is 1. The highest BCUT2D eigenvalue weighted by Gasteiger charge is 2.24. The minimum absolute atomic E-state index is 0.319. The molecule has 0 unspecified atom stereocenters. The zero-order chi connectivity index (χ0) is 14.5. The predicted molar refractivity (Wildman–Crippen MR) is 84.6 cm³/mol. The van der Waals surface area contributed by atoms with Crippen LogP contribution in [0.4, 0.5) is 0 Å². The summed E-state index contributed by atoms with van der Waals surface area (Å²) in [4.78, 5) is 15.6. The van der Waals surface area contributed by atoms with Gasteiger partial charge in [0.1, 0.15) is 6.54 Å². The molecule has 20 heavy (non-hydrogen) atoms. The molecule has 1 fully saturated rings. The fourth-order valence-electron chi connectivity index (χ4n) is 2.64. The van der Waals surface area contributed by atoms with Gasteiger partial charge in [-0.05, 0) is 12.0 Å². The van der Waals surface area contributed by atoms with Crippen molar-refractivity contribution in [2.45, 2.75) is 26.8 Å². The molecule has 0 atom stereocenters.